The fraction of sp³-hybridized carbons (Fsp3) is 0. The Labute approximate surface area is 114 Å². The normalized spacial score (nSPS) is 11.2. The number of fused-ring (bicyclic) bond motifs is 2. The van der Waals surface area contributed by atoms with E-state index in [0.29, 0.717) is 5.95 Å². The maximum absolute atomic E-state index is 6.07. The maximum atomic E-state index is 6.07. The summed E-state index contributed by atoms with van der Waals surface area (Å²) < 4.78 is 1.86. The molecule has 0 unspecified atom stereocenters. The van der Waals surface area contributed by atoms with Crippen LogP contribution < -0.4 is 5.73 Å². The third-order valence-corrected chi connectivity index (χ3v) is 3.34. The first-order valence-corrected chi connectivity index (χ1v) is 6.26. The highest BCUT2D eigenvalue weighted by molar-refractivity contribution is 5.92. The van der Waals surface area contributed by atoms with Crippen LogP contribution in [-0.4, -0.2) is 19.5 Å². The van der Waals surface area contributed by atoms with Gasteiger partial charge in [0, 0.05) is 24.0 Å². The van der Waals surface area contributed by atoms with Crippen molar-refractivity contribution in [3.8, 4) is 5.69 Å². The molecule has 3 aromatic heterocycles. The van der Waals surface area contributed by atoms with Crippen LogP contribution >= 0.6 is 0 Å². The number of nitrogens with zero attached hydrogens (tertiary/aromatic N) is 4. The van der Waals surface area contributed by atoms with Gasteiger partial charge in [0.25, 0.3) is 0 Å². The molecule has 0 fully saturated rings. The summed E-state index contributed by atoms with van der Waals surface area (Å²) in [5.41, 5.74) is 8.54. The Morgan fingerprint density at radius 1 is 1.00 bits per heavy atom. The van der Waals surface area contributed by atoms with Crippen molar-refractivity contribution >= 4 is 27.9 Å². The molecule has 0 saturated carbocycles. The van der Waals surface area contributed by atoms with Crippen molar-refractivity contribution in [1.29, 1.82) is 0 Å². The first kappa shape index (κ1) is 10.9. The minimum atomic E-state index is 0.426. The number of nitrogen functional groups attached to an aromatic ring is 1. The molecule has 4 aromatic rings. The fourth-order valence-electron chi connectivity index (χ4n) is 2.46. The van der Waals surface area contributed by atoms with E-state index >= 15 is 0 Å². The molecular weight excluding hydrogens is 250 g/mol. The van der Waals surface area contributed by atoms with Crippen LogP contribution in [0, 0.1) is 0 Å². The van der Waals surface area contributed by atoms with Crippen molar-refractivity contribution in [1.82, 2.24) is 19.5 Å². The quantitative estimate of drug-likeness (QED) is 0.571. The van der Waals surface area contributed by atoms with Gasteiger partial charge in [0.05, 0.1) is 5.69 Å². The van der Waals surface area contributed by atoms with E-state index in [2.05, 4.69) is 15.0 Å². The highest BCUT2D eigenvalue weighted by atomic mass is 15.2. The van der Waals surface area contributed by atoms with E-state index in [0.717, 1.165) is 27.6 Å². The molecule has 0 radical (unpaired) electrons. The molecule has 1 aromatic carbocycles. The van der Waals surface area contributed by atoms with Gasteiger partial charge < -0.3 is 5.73 Å². The number of pyridine rings is 2. The summed E-state index contributed by atoms with van der Waals surface area (Å²) in [5, 5.41) is 2.13. The lowest BCUT2D eigenvalue weighted by Gasteiger charge is -2.09. The van der Waals surface area contributed by atoms with Gasteiger partial charge in [0.1, 0.15) is 5.52 Å². The Bertz CT molecular complexity index is 921. The lowest BCUT2D eigenvalue weighted by atomic mass is 10.1. The van der Waals surface area contributed by atoms with Crippen LogP contribution in [0.2, 0.25) is 0 Å². The van der Waals surface area contributed by atoms with E-state index in [9.17, 15) is 0 Å². The van der Waals surface area contributed by atoms with E-state index in [4.69, 9.17) is 5.73 Å². The van der Waals surface area contributed by atoms with Gasteiger partial charge >= 0.3 is 0 Å². The number of rotatable bonds is 1. The highest BCUT2D eigenvalue weighted by Crippen LogP contribution is 2.26. The van der Waals surface area contributed by atoms with Crippen molar-refractivity contribution in [2.45, 2.75) is 0 Å². The molecule has 3 heterocycles. The van der Waals surface area contributed by atoms with Crippen molar-refractivity contribution in [2.24, 2.45) is 0 Å². The lowest BCUT2D eigenvalue weighted by molar-refractivity contribution is 1.09. The molecule has 0 aliphatic heterocycles. The Morgan fingerprint density at radius 3 is 2.90 bits per heavy atom. The number of benzene rings is 1. The molecule has 2 N–H and O–H groups in total. The van der Waals surface area contributed by atoms with Gasteiger partial charge in [-0.3, -0.25) is 9.55 Å². The predicted molar refractivity (Wildman–Crippen MR) is 78.6 cm³/mol. The number of aromatic nitrogens is 4. The molecule has 96 valence electrons. The number of hydrogen-bond acceptors (Lipinski definition) is 4. The van der Waals surface area contributed by atoms with Crippen LogP contribution in [0.1, 0.15) is 0 Å². The molecule has 5 nitrogen and oxygen atoms in total. The Kier molecular flexibility index (Phi) is 2.20. The van der Waals surface area contributed by atoms with Crippen LogP contribution in [0.4, 0.5) is 5.95 Å². The number of nitrogens with two attached hydrogens (primary N) is 1. The van der Waals surface area contributed by atoms with E-state index in [1.165, 1.54) is 0 Å². The Morgan fingerprint density at radius 2 is 1.95 bits per heavy atom. The first-order valence-electron chi connectivity index (χ1n) is 6.26. The predicted octanol–water partition coefficient (Wildman–Crippen LogP) is 2.55. The van der Waals surface area contributed by atoms with Crippen molar-refractivity contribution in [3.05, 3.63) is 55.0 Å². The van der Waals surface area contributed by atoms with Crippen LogP contribution in [0.3, 0.4) is 0 Å². The van der Waals surface area contributed by atoms with Crippen molar-refractivity contribution in [3.63, 3.8) is 0 Å². The zero-order chi connectivity index (χ0) is 13.5. The van der Waals surface area contributed by atoms with Gasteiger partial charge in [-0.05, 0) is 29.7 Å². The molecule has 0 aliphatic carbocycles. The first-order chi connectivity index (χ1) is 9.84. The van der Waals surface area contributed by atoms with Crippen molar-refractivity contribution in [2.75, 3.05) is 5.73 Å². The third kappa shape index (κ3) is 1.46. The standard InChI is InChI=1S/C15H11N5/c16-15-19-12-4-2-7-18-14(12)20(15)13-5-1-3-10-6-8-17-9-11(10)13/h1-9H,(H2,16,19). The summed E-state index contributed by atoms with van der Waals surface area (Å²) in [4.78, 5) is 12.9. The Hall–Kier alpha value is -2.95. The minimum absolute atomic E-state index is 0.426. The van der Waals surface area contributed by atoms with Crippen LogP contribution in [0.15, 0.2) is 55.0 Å². The average Bonchev–Trinajstić information content (AvgIpc) is 2.82. The minimum Gasteiger partial charge on any atom is -0.369 e. The summed E-state index contributed by atoms with van der Waals surface area (Å²) in [5.74, 6) is 0.426. The van der Waals surface area contributed by atoms with E-state index < -0.39 is 0 Å². The molecule has 20 heavy (non-hydrogen) atoms. The van der Waals surface area contributed by atoms with Gasteiger partial charge in [0.2, 0.25) is 5.95 Å². The van der Waals surface area contributed by atoms with E-state index in [-0.39, 0.29) is 0 Å². The molecular formula is C15H11N5. The Balaban J connectivity index is 2.14. The van der Waals surface area contributed by atoms with E-state index in [1.54, 1.807) is 12.4 Å². The summed E-state index contributed by atoms with van der Waals surface area (Å²) in [6, 6.07) is 11.8. The monoisotopic (exact) mass is 261 g/mol. The second-order valence-corrected chi connectivity index (χ2v) is 4.53. The second kappa shape index (κ2) is 4.03. The molecule has 0 atom stereocenters. The summed E-state index contributed by atoms with van der Waals surface area (Å²) in [6.45, 7) is 0. The fourth-order valence-corrected chi connectivity index (χ4v) is 2.46. The highest BCUT2D eigenvalue weighted by Gasteiger charge is 2.12. The molecule has 0 aliphatic rings. The third-order valence-electron chi connectivity index (χ3n) is 3.34. The number of imidazole rings is 1. The van der Waals surface area contributed by atoms with Crippen molar-refractivity contribution < 1.29 is 0 Å². The lowest BCUT2D eigenvalue weighted by Crippen LogP contribution is -2.02. The van der Waals surface area contributed by atoms with E-state index in [1.807, 2.05) is 47.2 Å². The molecule has 0 bridgehead atoms. The van der Waals surface area contributed by atoms with Gasteiger partial charge in [-0.25, -0.2) is 9.97 Å². The number of hydrogen-bond donors (Lipinski definition) is 1. The van der Waals surface area contributed by atoms with Gasteiger partial charge in [0.15, 0.2) is 5.65 Å². The average molecular weight is 261 g/mol. The summed E-state index contributed by atoms with van der Waals surface area (Å²) in [7, 11) is 0. The van der Waals surface area contributed by atoms with Crippen LogP contribution in [0.25, 0.3) is 27.6 Å². The van der Waals surface area contributed by atoms with Gasteiger partial charge in [-0.2, -0.15) is 0 Å². The molecule has 0 amide bonds. The zero-order valence-electron chi connectivity index (χ0n) is 10.6. The zero-order valence-corrected chi connectivity index (χ0v) is 10.6. The van der Waals surface area contributed by atoms with Gasteiger partial charge in [-0.1, -0.05) is 12.1 Å². The summed E-state index contributed by atoms with van der Waals surface area (Å²) in [6.07, 6.45) is 5.35. The largest absolute Gasteiger partial charge is 0.369 e. The molecule has 0 saturated heterocycles. The second-order valence-electron chi connectivity index (χ2n) is 4.53. The smallest absolute Gasteiger partial charge is 0.207 e. The molecule has 5 heteroatoms. The molecule has 4 rings (SSSR count). The SMILES string of the molecule is Nc1nc2cccnc2n1-c1cccc2ccncc12. The summed E-state index contributed by atoms with van der Waals surface area (Å²) >= 11 is 0. The van der Waals surface area contributed by atoms with Gasteiger partial charge in [-0.15, -0.1) is 0 Å². The van der Waals surface area contributed by atoms with Crippen LogP contribution in [-0.2, 0) is 0 Å². The number of anilines is 1. The molecule has 0 spiro atoms. The topological polar surface area (TPSA) is 69.6 Å². The maximum Gasteiger partial charge on any atom is 0.207 e. The van der Waals surface area contributed by atoms with Crippen LogP contribution in [0.5, 0.6) is 0 Å².